The number of nitrogens with zero attached hydrogens (tertiary/aromatic N) is 4. The number of alkyl halides is 3. The summed E-state index contributed by atoms with van der Waals surface area (Å²) in [5, 5.41) is 7.50. The molecule has 34 heavy (non-hydrogen) atoms. The molecule has 0 radical (unpaired) electrons. The Morgan fingerprint density at radius 3 is 2.65 bits per heavy atom. The van der Waals surface area contributed by atoms with Crippen LogP contribution in [-0.4, -0.2) is 32.1 Å². The van der Waals surface area contributed by atoms with Crippen LogP contribution in [0.15, 0.2) is 53.6 Å². The molecule has 4 aromatic rings. The maximum Gasteiger partial charge on any atom is 0.416 e. The van der Waals surface area contributed by atoms with Gasteiger partial charge in [-0.25, -0.2) is 13.9 Å². The molecule has 0 N–H and O–H groups in total. The molecular weight excluding hydrogens is 480 g/mol. The van der Waals surface area contributed by atoms with E-state index < -0.39 is 29.0 Å². The van der Waals surface area contributed by atoms with Crippen LogP contribution in [0.5, 0.6) is 0 Å². The lowest BCUT2D eigenvalue weighted by molar-refractivity contribution is -0.137. The van der Waals surface area contributed by atoms with E-state index in [1.54, 1.807) is 6.92 Å². The van der Waals surface area contributed by atoms with Gasteiger partial charge in [0.2, 0.25) is 5.43 Å². The van der Waals surface area contributed by atoms with Crippen molar-refractivity contribution in [1.82, 2.24) is 19.6 Å². The number of carbonyl (C=O) groups is 1. The molecule has 176 valence electrons. The van der Waals surface area contributed by atoms with Gasteiger partial charge in [0.15, 0.2) is 0 Å². The van der Waals surface area contributed by atoms with E-state index in [0.29, 0.717) is 0 Å². The summed E-state index contributed by atoms with van der Waals surface area (Å²) in [7, 11) is 0. The van der Waals surface area contributed by atoms with Gasteiger partial charge in [-0.2, -0.15) is 13.2 Å². The fourth-order valence-electron chi connectivity index (χ4n) is 3.37. The lowest BCUT2D eigenvalue weighted by Gasteiger charge is -2.12. The van der Waals surface area contributed by atoms with Gasteiger partial charge in [-0.1, -0.05) is 22.9 Å². The van der Waals surface area contributed by atoms with Gasteiger partial charge in [0.05, 0.1) is 41.1 Å². The van der Waals surface area contributed by atoms with E-state index in [4.69, 9.17) is 16.3 Å². The first-order chi connectivity index (χ1) is 16.1. The van der Waals surface area contributed by atoms with E-state index in [-0.39, 0.29) is 46.0 Å². The Bertz CT molecular complexity index is 1460. The maximum atomic E-state index is 14.1. The molecule has 0 saturated heterocycles. The second-order valence-electron chi connectivity index (χ2n) is 7.21. The molecule has 2 aromatic carbocycles. The summed E-state index contributed by atoms with van der Waals surface area (Å²) >= 11 is 5.90. The topological polar surface area (TPSA) is 79.0 Å². The Balaban J connectivity index is 1.78. The number of hydrogen-bond acceptors (Lipinski definition) is 5. The van der Waals surface area contributed by atoms with E-state index >= 15 is 0 Å². The number of benzene rings is 2. The molecule has 0 saturated carbocycles. The third kappa shape index (κ3) is 4.51. The van der Waals surface area contributed by atoms with Crippen molar-refractivity contribution >= 4 is 28.5 Å². The second-order valence-corrected chi connectivity index (χ2v) is 7.61. The van der Waals surface area contributed by atoms with Crippen molar-refractivity contribution in [2.45, 2.75) is 19.6 Å². The number of pyridine rings is 1. The summed E-state index contributed by atoms with van der Waals surface area (Å²) < 4.78 is 60.7. The third-order valence-corrected chi connectivity index (χ3v) is 5.22. The van der Waals surface area contributed by atoms with Crippen LogP contribution in [0.4, 0.5) is 17.6 Å². The zero-order valence-electron chi connectivity index (χ0n) is 17.4. The van der Waals surface area contributed by atoms with Crippen LogP contribution >= 0.6 is 11.6 Å². The molecular formula is C22H15ClF4N4O3. The highest BCUT2D eigenvalue weighted by Crippen LogP contribution is 2.30. The van der Waals surface area contributed by atoms with Crippen molar-refractivity contribution in [2.24, 2.45) is 0 Å². The van der Waals surface area contributed by atoms with Crippen LogP contribution in [0.3, 0.4) is 0 Å². The van der Waals surface area contributed by atoms with E-state index in [0.717, 1.165) is 22.9 Å². The lowest BCUT2D eigenvalue weighted by atomic mass is 10.1. The average molecular weight is 495 g/mol. The number of carbonyl (C=O) groups excluding carboxylic acids is 1. The molecule has 0 spiro atoms. The molecule has 0 aliphatic rings. The van der Waals surface area contributed by atoms with Crippen molar-refractivity contribution in [1.29, 1.82) is 0 Å². The summed E-state index contributed by atoms with van der Waals surface area (Å²) in [5.41, 5.74) is -1.25. The van der Waals surface area contributed by atoms with Gasteiger partial charge >= 0.3 is 12.1 Å². The highest BCUT2D eigenvalue weighted by molar-refractivity contribution is 6.31. The Labute approximate surface area is 194 Å². The zero-order chi connectivity index (χ0) is 24.6. The highest BCUT2D eigenvalue weighted by atomic mass is 35.5. The van der Waals surface area contributed by atoms with Crippen LogP contribution in [0.2, 0.25) is 5.02 Å². The average Bonchev–Trinajstić information content (AvgIpc) is 3.25. The van der Waals surface area contributed by atoms with Crippen molar-refractivity contribution in [3.63, 3.8) is 0 Å². The minimum atomic E-state index is -4.52. The number of hydrogen-bond donors (Lipinski definition) is 0. The van der Waals surface area contributed by atoms with Gasteiger partial charge in [0.25, 0.3) is 0 Å². The maximum absolute atomic E-state index is 14.1. The number of fused-ring (bicyclic) bond motifs is 1. The molecule has 7 nitrogen and oxygen atoms in total. The molecule has 0 fully saturated rings. The third-order valence-electron chi connectivity index (χ3n) is 4.93. The molecule has 4 rings (SSSR count). The van der Waals surface area contributed by atoms with Crippen LogP contribution in [0, 0.1) is 5.82 Å². The van der Waals surface area contributed by atoms with E-state index in [2.05, 4.69) is 10.3 Å². The van der Waals surface area contributed by atoms with Gasteiger partial charge < -0.3 is 9.30 Å². The van der Waals surface area contributed by atoms with Crippen molar-refractivity contribution in [3.05, 3.63) is 86.7 Å². The highest BCUT2D eigenvalue weighted by Gasteiger charge is 2.30. The van der Waals surface area contributed by atoms with Crippen molar-refractivity contribution < 1.29 is 27.1 Å². The SMILES string of the molecule is CCOC(=O)c1cn(Cc2cn(-c3cccc(C(F)(F)F)c3)nn2)c2cc(Cl)c(F)cc2c1=O. The van der Waals surface area contributed by atoms with E-state index in [1.165, 1.54) is 35.2 Å². The fourth-order valence-corrected chi connectivity index (χ4v) is 3.52. The van der Waals surface area contributed by atoms with Gasteiger partial charge in [-0.15, -0.1) is 5.10 Å². The Hall–Kier alpha value is -3.73. The van der Waals surface area contributed by atoms with Gasteiger partial charge in [-0.05, 0) is 37.3 Å². The van der Waals surface area contributed by atoms with Crippen molar-refractivity contribution in [3.8, 4) is 5.69 Å². The van der Waals surface area contributed by atoms with Crippen LogP contribution in [-0.2, 0) is 17.5 Å². The van der Waals surface area contributed by atoms with E-state index in [1.807, 2.05) is 0 Å². The summed E-state index contributed by atoms with van der Waals surface area (Å²) in [6.45, 7) is 1.55. The van der Waals surface area contributed by atoms with Crippen LogP contribution in [0.1, 0.15) is 28.5 Å². The first-order valence-corrected chi connectivity index (χ1v) is 10.2. The summed E-state index contributed by atoms with van der Waals surface area (Å²) in [6.07, 6.45) is -1.89. The van der Waals surface area contributed by atoms with Gasteiger partial charge in [0, 0.05) is 11.6 Å². The number of halogens is 5. The van der Waals surface area contributed by atoms with Crippen LogP contribution < -0.4 is 5.43 Å². The zero-order valence-corrected chi connectivity index (χ0v) is 18.2. The summed E-state index contributed by atoms with van der Waals surface area (Å²) in [5.74, 6) is -1.72. The number of aromatic nitrogens is 4. The lowest BCUT2D eigenvalue weighted by Crippen LogP contribution is -2.21. The van der Waals surface area contributed by atoms with E-state index in [9.17, 15) is 27.2 Å². The molecule has 12 heteroatoms. The minimum Gasteiger partial charge on any atom is -0.462 e. The Morgan fingerprint density at radius 2 is 1.94 bits per heavy atom. The molecule has 2 heterocycles. The Kier molecular flexibility index (Phi) is 6.13. The fraction of sp³-hybridized carbons (Fsp3) is 0.182. The Morgan fingerprint density at radius 1 is 1.18 bits per heavy atom. The molecule has 0 atom stereocenters. The molecule has 2 aromatic heterocycles. The van der Waals surface area contributed by atoms with Gasteiger partial charge in [0.1, 0.15) is 17.1 Å². The van der Waals surface area contributed by atoms with Crippen molar-refractivity contribution in [2.75, 3.05) is 6.61 Å². The van der Waals surface area contributed by atoms with Gasteiger partial charge in [-0.3, -0.25) is 4.79 Å². The largest absolute Gasteiger partial charge is 0.462 e. The predicted molar refractivity (Wildman–Crippen MR) is 115 cm³/mol. The number of esters is 1. The monoisotopic (exact) mass is 494 g/mol. The minimum absolute atomic E-state index is 0.0244. The molecule has 0 aliphatic heterocycles. The second kappa shape index (κ2) is 8.90. The number of rotatable bonds is 5. The molecule has 0 aliphatic carbocycles. The normalized spacial score (nSPS) is 11.7. The first-order valence-electron chi connectivity index (χ1n) is 9.86. The standard InChI is InChI=1S/C22H15ClF4N4O3/c1-2-34-21(33)16-11-30(19-8-17(23)18(24)7-15(19)20(16)32)9-13-10-31(29-28-13)14-5-3-4-12(6-14)22(25,26)27/h3-8,10-11H,2,9H2,1H3. The summed E-state index contributed by atoms with van der Waals surface area (Å²) in [4.78, 5) is 25.1. The van der Waals surface area contributed by atoms with Crippen LogP contribution in [0.25, 0.3) is 16.6 Å². The number of ether oxygens (including phenoxy) is 1. The first kappa shape index (κ1) is 23.4. The smallest absolute Gasteiger partial charge is 0.416 e. The quantitative estimate of drug-likeness (QED) is 0.299. The molecule has 0 unspecified atom stereocenters. The predicted octanol–water partition coefficient (Wildman–Crippen LogP) is 4.62. The summed E-state index contributed by atoms with van der Waals surface area (Å²) in [6, 6.07) is 6.71. The molecule has 0 bridgehead atoms. The molecule has 0 amide bonds.